The zero-order valence-electron chi connectivity index (χ0n) is 47.1. The number of unbranched alkanes of at least 4 members (excludes halogenated alkanes) is 16. The van der Waals surface area contributed by atoms with E-state index in [0.29, 0.717) is 0 Å². The van der Waals surface area contributed by atoms with Crippen LogP contribution >= 0.6 is 0 Å². The summed E-state index contributed by atoms with van der Waals surface area (Å²) in [5.74, 6) is -7.59. The number of aliphatic carboxylic acids is 2. The van der Waals surface area contributed by atoms with E-state index in [1.807, 2.05) is 9.97 Å². The highest BCUT2D eigenvalue weighted by molar-refractivity contribution is 5.77. The van der Waals surface area contributed by atoms with Crippen molar-refractivity contribution in [3.63, 3.8) is 0 Å². The fourth-order valence-electron chi connectivity index (χ4n) is 6.44. The van der Waals surface area contributed by atoms with Crippen LogP contribution in [0.2, 0.25) is 0 Å². The summed E-state index contributed by atoms with van der Waals surface area (Å²) in [6.45, 7) is 7.52. The maximum Gasteiger partial charge on any atom is 0.346 e. The van der Waals surface area contributed by atoms with E-state index in [9.17, 15) is 61.8 Å². The van der Waals surface area contributed by atoms with Crippen LogP contribution < -0.4 is 28.0 Å². The molecule has 0 spiro atoms. The third-order valence-corrected chi connectivity index (χ3v) is 10.9. The molecule has 0 atom stereocenters. The van der Waals surface area contributed by atoms with Crippen molar-refractivity contribution in [2.45, 2.75) is 220 Å². The number of aromatic amines is 2. The van der Waals surface area contributed by atoms with Gasteiger partial charge in [0.2, 0.25) is 0 Å². The van der Waals surface area contributed by atoms with Crippen LogP contribution in [-0.2, 0) is 66.8 Å². The normalized spacial score (nSPS) is 10.4. The smallest absolute Gasteiger partial charge is 0.346 e. The number of H-pyrrole nitrogens is 2. The molecule has 0 aliphatic heterocycles. The molecule has 0 saturated carbocycles. The number of halogens is 2. The van der Waals surface area contributed by atoms with Crippen LogP contribution in [0, 0.1) is 11.6 Å². The van der Waals surface area contributed by atoms with Crippen LogP contribution in [0.4, 0.5) is 20.4 Å². The van der Waals surface area contributed by atoms with Crippen molar-refractivity contribution in [3.8, 4) is 0 Å². The Kier molecular flexibility index (Phi) is 47.1. The Morgan fingerprint density at radius 3 is 0.975 bits per heavy atom. The van der Waals surface area contributed by atoms with Gasteiger partial charge in [0.15, 0.2) is 23.8 Å². The van der Waals surface area contributed by atoms with Gasteiger partial charge in [-0.25, -0.2) is 18.4 Å². The molecule has 2 aromatic rings. The van der Waals surface area contributed by atoms with E-state index < -0.39 is 89.4 Å². The monoisotopic (exact) mass is 1150 g/mol. The number of ether oxygens (including phenoxy) is 6. The molecule has 2 rings (SSSR count). The quantitative estimate of drug-likeness (QED) is 0.0260. The number of hydrogen-bond acceptors (Lipinski definition) is 21. The number of rotatable bonds is 40. The molecular weight excluding hydrogens is 1060 g/mol. The van der Waals surface area contributed by atoms with Crippen molar-refractivity contribution in [3.05, 3.63) is 45.0 Å². The number of nitrogens with zero attached hydrogens (tertiary/aromatic N) is 2. The van der Waals surface area contributed by atoms with Crippen LogP contribution in [-0.4, -0.2) is 111 Å². The molecule has 456 valence electrons. The number of carbonyl (C=O) groups is 8. The third-order valence-electron chi connectivity index (χ3n) is 10.9. The number of nitrogens with one attached hydrogen (secondary N) is 2. The maximum atomic E-state index is 12.1. The van der Waals surface area contributed by atoms with Gasteiger partial charge in [-0.1, -0.05) is 130 Å². The Morgan fingerprint density at radius 1 is 0.463 bits per heavy atom. The summed E-state index contributed by atoms with van der Waals surface area (Å²) in [6.07, 6.45) is 19.2. The molecule has 0 aliphatic rings. The molecule has 0 saturated heterocycles. The van der Waals surface area contributed by atoms with Gasteiger partial charge in [-0.2, -0.15) is 9.97 Å². The Hall–Kier alpha value is -7.02. The fraction of sp³-hybridized carbons (Fsp3) is 0.704. The Bertz CT molecular complexity index is 1970. The van der Waals surface area contributed by atoms with E-state index in [-0.39, 0.29) is 83.0 Å². The van der Waals surface area contributed by atoms with Gasteiger partial charge < -0.3 is 54.9 Å². The summed E-state index contributed by atoms with van der Waals surface area (Å²) in [6, 6.07) is 0. The fourth-order valence-corrected chi connectivity index (χ4v) is 6.44. The van der Waals surface area contributed by atoms with E-state index >= 15 is 0 Å². The SMILES string of the molecule is CCCCCCCC(=O)OCC(COC(=O)CCCCCCC)OC(=O)CCC(=O)O.CCCCCCCC(=O)OCC(COC(=O)CCCCCCC)OC(=O)CCC(=O)[O-].Nc1[nH]c(=O)ncc1F.Nc1[nH]c(=O)ncc1F. The molecule has 0 amide bonds. The van der Waals surface area contributed by atoms with Crippen molar-refractivity contribution in [2.24, 2.45) is 0 Å². The second-order valence-corrected chi connectivity index (χ2v) is 18.3. The van der Waals surface area contributed by atoms with Gasteiger partial charge in [0.1, 0.15) is 38.1 Å². The molecule has 2 aromatic heterocycles. The van der Waals surface area contributed by atoms with Gasteiger partial charge in [-0.3, -0.25) is 43.5 Å². The molecule has 80 heavy (non-hydrogen) atoms. The molecular formula is C54H87F2N6O18-. The molecule has 2 heterocycles. The Morgan fingerprint density at radius 2 is 0.738 bits per heavy atom. The largest absolute Gasteiger partial charge is 0.550 e. The Labute approximate surface area is 466 Å². The molecule has 0 unspecified atom stereocenters. The minimum absolute atomic E-state index is 0.226. The number of carboxylic acids is 2. The second kappa shape index (κ2) is 50.2. The second-order valence-electron chi connectivity index (χ2n) is 18.3. The topological polar surface area (TPSA) is 379 Å². The van der Waals surface area contributed by atoms with Gasteiger partial charge >= 0.3 is 53.2 Å². The van der Waals surface area contributed by atoms with Gasteiger partial charge in [-0.05, 0) is 32.1 Å². The van der Waals surface area contributed by atoms with Crippen LogP contribution in [0.15, 0.2) is 22.0 Å². The summed E-state index contributed by atoms with van der Waals surface area (Å²) in [5.41, 5.74) is 8.61. The van der Waals surface area contributed by atoms with Gasteiger partial charge in [-0.15, -0.1) is 0 Å². The van der Waals surface area contributed by atoms with E-state index in [2.05, 4.69) is 37.7 Å². The van der Waals surface area contributed by atoms with E-state index in [1.54, 1.807) is 0 Å². The van der Waals surface area contributed by atoms with Crippen molar-refractivity contribution in [1.82, 2.24) is 19.9 Å². The lowest BCUT2D eigenvalue weighted by molar-refractivity contribution is -0.305. The van der Waals surface area contributed by atoms with Crippen LogP contribution in [0.3, 0.4) is 0 Å². The van der Waals surface area contributed by atoms with E-state index in [4.69, 9.17) is 45.0 Å². The van der Waals surface area contributed by atoms with Gasteiger partial charge in [0.25, 0.3) is 0 Å². The molecule has 0 aromatic carbocycles. The number of esters is 6. The van der Waals surface area contributed by atoms with Crippen LogP contribution in [0.1, 0.15) is 207 Å². The third kappa shape index (κ3) is 48.1. The highest BCUT2D eigenvalue weighted by atomic mass is 19.1. The van der Waals surface area contributed by atoms with Gasteiger partial charge in [0, 0.05) is 31.7 Å². The highest BCUT2D eigenvalue weighted by Gasteiger charge is 2.21. The number of aromatic nitrogens is 4. The zero-order valence-corrected chi connectivity index (χ0v) is 47.1. The molecule has 0 bridgehead atoms. The summed E-state index contributed by atoms with van der Waals surface area (Å²) >= 11 is 0. The highest BCUT2D eigenvalue weighted by Crippen LogP contribution is 2.12. The first-order chi connectivity index (χ1) is 38.2. The minimum Gasteiger partial charge on any atom is -0.550 e. The zero-order chi connectivity index (χ0) is 60.4. The first-order valence-electron chi connectivity index (χ1n) is 27.6. The van der Waals surface area contributed by atoms with Crippen molar-refractivity contribution in [2.75, 3.05) is 37.9 Å². The minimum atomic E-state index is -1.36. The Balaban J connectivity index is 0. The summed E-state index contributed by atoms with van der Waals surface area (Å²) < 4.78 is 55.2. The van der Waals surface area contributed by atoms with Crippen molar-refractivity contribution < 1.29 is 85.8 Å². The predicted octanol–water partition coefficient (Wildman–Crippen LogP) is 6.79. The first-order valence-corrected chi connectivity index (χ1v) is 27.6. The lowest BCUT2D eigenvalue weighted by atomic mass is 10.1. The number of carbonyl (C=O) groups excluding carboxylic acids is 7. The molecule has 26 heteroatoms. The van der Waals surface area contributed by atoms with Crippen molar-refractivity contribution in [1.29, 1.82) is 0 Å². The first kappa shape index (κ1) is 75.1. The lowest BCUT2D eigenvalue weighted by Crippen LogP contribution is -2.31. The van der Waals surface area contributed by atoms with Gasteiger partial charge in [0.05, 0.1) is 31.7 Å². The average Bonchev–Trinajstić information content (AvgIpc) is 3.41. The number of hydrogen-bond donors (Lipinski definition) is 5. The molecule has 0 radical (unpaired) electrons. The van der Waals surface area contributed by atoms with Crippen LogP contribution in [0.5, 0.6) is 0 Å². The van der Waals surface area contributed by atoms with E-state index in [0.717, 1.165) is 141 Å². The number of anilines is 2. The molecule has 24 nitrogen and oxygen atoms in total. The lowest BCUT2D eigenvalue weighted by Gasteiger charge is -2.18. The number of nitrogen functional groups attached to an aromatic ring is 2. The average molecular weight is 1150 g/mol. The molecule has 7 N–H and O–H groups in total. The number of carboxylic acid groups (broad SMARTS) is 2. The standard InChI is InChI=1S/2C23H40O8.2C4H4FN3O/c2*1-3-5-7-9-11-13-21(26)29-17-19(31-23(28)16-15-20(24)25)18-30-22(27)14-12-10-8-6-4-2;2*5-2-1-7-4(9)8-3(2)6/h2*19H,3-18H2,1-2H3,(H,24,25);2*1H,(H3,6,7,8,9)/p-1. The molecule has 0 fully saturated rings. The summed E-state index contributed by atoms with van der Waals surface area (Å²) in [7, 11) is 0. The predicted molar refractivity (Wildman–Crippen MR) is 287 cm³/mol. The maximum absolute atomic E-state index is 12.1. The summed E-state index contributed by atoms with van der Waals surface area (Å²) in [4.78, 5) is 123. The number of nitrogens with two attached hydrogens (primary N) is 2. The van der Waals surface area contributed by atoms with Crippen LogP contribution in [0.25, 0.3) is 0 Å². The molecule has 0 aliphatic carbocycles. The van der Waals surface area contributed by atoms with E-state index in [1.165, 1.54) is 0 Å². The van der Waals surface area contributed by atoms with Crippen molar-refractivity contribution >= 4 is 59.4 Å². The summed E-state index contributed by atoms with van der Waals surface area (Å²) in [5, 5.41) is 19.2.